The molecule has 1 aromatic carbocycles. The molecule has 424 valence electrons. The average molecular weight is 1280 g/mol. The van der Waals surface area contributed by atoms with E-state index in [2.05, 4.69) is 0 Å². The number of halogens is 6. The Labute approximate surface area is 473 Å². The monoisotopic (exact) mass is 1270 g/mol. The van der Waals surface area contributed by atoms with Crippen molar-refractivity contribution in [3.8, 4) is 0 Å². The van der Waals surface area contributed by atoms with E-state index in [1.165, 1.54) is 89.3 Å². The lowest BCUT2D eigenvalue weighted by Crippen LogP contribution is -2.26. The normalized spacial score (nSPS) is 14.8. The molecule has 0 aliphatic heterocycles. The van der Waals surface area contributed by atoms with Crippen molar-refractivity contribution in [1.82, 2.24) is 14.0 Å². The Hall–Kier alpha value is -2.31. The first-order chi connectivity index (χ1) is 35.1. The van der Waals surface area contributed by atoms with E-state index in [-0.39, 0.29) is 87.6 Å². The summed E-state index contributed by atoms with van der Waals surface area (Å²) in [5.74, 6) is 1.03. The van der Waals surface area contributed by atoms with Crippen LogP contribution >= 0.6 is 115 Å². The standard InChI is InChI=1S/C15H21Cl2N2O5P.2C13H19Cl2N2O5PS.CH2O/c1-12(20)11-15(13-3-5-14(6-4-13)19(21)22)24-25(2,23)18(9-7-16)10-8-17;2*1-10(18)9-11(12-3-4-13(24-12)17(19)20)22-23(2,21)16(7-5-14)8-6-15;1-2/h3-6,15H,7-11H2,1-2H3;2*3-4,11H,5-9H2,1-2H3;1H2. The van der Waals surface area contributed by atoms with Crippen LogP contribution in [0.2, 0.25) is 0 Å². The van der Waals surface area contributed by atoms with Gasteiger partial charge in [-0.05, 0) is 50.6 Å². The van der Waals surface area contributed by atoms with E-state index >= 15 is 0 Å². The lowest BCUT2D eigenvalue weighted by molar-refractivity contribution is -0.384. The molecule has 0 saturated heterocycles. The SMILES string of the molecule is C=O.CC(=O)CC(OP(C)(=O)N(CCCl)CCCl)c1ccc([N+](=O)[O-])cc1.CC(=O)CC(OP(C)(=O)N(CCCl)CCCl)c1ccc([N+](=O)[O-])s1.CC(=O)CC(OP(C)(=O)N(CCCl)CCCl)c1ccc([N+](=O)[O-])s1. The molecule has 0 N–H and O–H groups in total. The molecule has 2 heterocycles. The number of benzene rings is 1. The molecule has 0 aliphatic carbocycles. The molecular formula is C42H61Cl6N6O16P3S2. The number of rotatable bonds is 33. The Morgan fingerprint density at radius 1 is 0.507 bits per heavy atom. The minimum Gasteiger partial charge on any atom is -0.309 e. The highest BCUT2D eigenvalue weighted by molar-refractivity contribution is 7.56. The van der Waals surface area contributed by atoms with Gasteiger partial charge in [-0.3, -0.25) is 58.4 Å². The van der Waals surface area contributed by atoms with Gasteiger partial charge in [0.2, 0.25) is 0 Å². The summed E-state index contributed by atoms with van der Waals surface area (Å²) in [4.78, 5) is 74.5. The van der Waals surface area contributed by atoms with Crippen LogP contribution in [-0.4, -0.2) is 147 Å². The van der Waals surface area contributed by atoms with E-state index in [9.17, 15) is 58.4 Å². The number of thiophene rings is 2. The van der Waals surface area contributed by atoms with Crippen LogP contribution < -0.4 is 0 Å². The van der Waals surface area contributed by atoms with Crippen molar-refractivity contribution in [2.75, 3.05) is 94.5 Å². The summed E-state index contributed by atoms with van der Waals surface area (Å²) < 4.78 is 60.8. The highest BCUT2D eigenvalue weighted by Gasteiger charge is 2.34. The molecule has 6 atom stereocenters. The first-order valence-electron chi connectivity index (χ1n) is 22.0. The molecule has 3 rings (SSSR count). The van der Waals surface area contributed by atoms with E-state index in [0.29, 0.717) is 54.6 Å². The van der Waals surface area contributed by atoms with Crippen molar-refractivity contribution in [3.63, 3.8) is 0 Å². The van der Waals surface area contributed by atoms with Crippen molar-refractivity contribution < 1.29 is 61.2 Å². The predicted molar refractivity (Wildman–Crippen MR) is 299 cm³/mol. The first-order valence-corrected chi connectivity index (χ1v) is 32.9. The third kappa shape index (κ3) is 27.4. The lowest BCUT2D eigenvalue weighted by atomic mass is 10.0. The minimum absolute atomic E-state index is 0.00519. The summed E-state index contributed by atoms with van der Waals surface area (Å²) in [6, 6.07) is 11.4. The highest BCUT2D eigenvalue weighted by atomic mass is 35.5. The number of Topliss-reactive ketones (excluding diaryl/α,β-unsaturated/α-hetero) is 3. The van der Waals surface area contributed by atoms with Crippen LogP contribution in [0.1, 0.15) is 73.7 Å². The Kier molecular flexibility index (Phi) is 36.4. The summed E-state index contributed by atoms with van der Waals surface area (Å²) in [7, 11) is -9.82. The van der Waals surface area contributed by atoms with Gasteiger partial charge in [0.1, 0.15) is 36.3 Å². The molecule has 6 unspecified atom stereocenters. The third-order valence-corrected chi connectivity index (χ3v) is 19.2. The second-order valence-corrected chi connectivity index (χ2v) is 27.2. The Morgan fingerprint density at radius 3 is 1.00 bits per heavy atom. The Balaban J connectivity index is 0.00000108. The number of alkyl halides is 6. The van der Waals surface area contributed by atoms with Crippen LogP contribution in [0, 0.1) is 30.3 Å². The third-order valence-electron chi connectivity index (χ3n) is 9.68. The summed E-state index contributed by atoms with van der Waals surface area (Å²) in [5.41, 5.74) is 0.468. The molecule has 0 amide bonds. The van der Waals surface area contributed by atoms with Gasteiger partial charge in [0.05, 0.1) is 20.9 Å². The number of nitro groups is 3. The summed E-state index contributed by atoms with van der Waals surface area (Å²) in [5, 5.41) is 32.3. The smallest absolute Gasteiger partial charge is 0.309 e. The van der Waals surface area contributed by atoms with Gasteiger partial charge in [-0.15, -0.1) is 69.6 Å². The maximum atomic E-state index is 13.0. The maximum Gasteiger partial charge on any atom is 0.324 e. The molecule has 0 aliphatic rings. The molecule has 33 heteroatoms. The van der Waals surface area contributed by atoms with Gasteiger partial charge in [0.25, 0.3) is 28.2 Å². The molecule has 0 bridgehead atoms. The number of hydrogen-bond acceptors (Lipinski definition) is 18. The average Bonchev–Trinajstić information content (AvgIpc) is 4.04. The van der Waals surface area contributed by atoms with Crippen LogP contribution in [0.4, 0.5) is 15.7 Å². The lowest BCUT2D eigenvalue weighted by Gasteiger charge is -2.30. The topological polar surface area (TPSA) is 286 Å². The van der Waals surface area contributed by atoms with Gasteiger partial charge in [0, 0.05) is 148 Å². The van der Waals surface area contributed by atoms with Gasteiger partial charge in [-0.25, -0.2) is 14.0 Å². The molecule has 22 nitrogen and oxygen atoms in total. The summed E-state index contributed by atoms with van der Waals surface area (Å²) in [6.45, 7) is 12.4. The zero-order chi connectivity index (χ0) is 57.7. The van der Waals surface area contributed by atoms with Crippen LogP contribution in [0.5, 0.6) is 0 Å². The summed E-state index contributed by atoms with van der Waals surface area (Å²) in [6.07, 6.45) is -2.45. The van der Waals surface area contributed by atoms with E-state index in [1.54, 1.807) is 14.0 Å². The van der Waals surface area contributed by atoms with Crippen molar-refractivity contribution in [3.05, 3.63) is 94.2 Å². The number of carbonyl (C=O) groups is 4. The number of nitrogens with zero attached hydrogens (tertiary/aromatic N) is 6. The fraction of sp³-hybridized carbons (Fsp3) is 0.571. The molecule has 0 fully saturated rings. The van der Waals surface area contributed by atoms with Crippen LogP contribution in [0.15, 0.2) is 48.5 Å². The molecule has 2 aromatic heterocycles. The number of non-ortho nitro benzene ring substituents is 1. The van der Waals surface area contributed by atoms with Crippen molar-refractivity contribution in [2.45, 2.75) is 58.3 Å². The summed E-state index contributed by atoms with van der Waals surface area (Å²) >= 11 is 36.2. The molecule has 0 spiro atoms. The zero-order valence-electron chi connectivity index (χ0n) is 41.8. The van der Waals surface area contributed by atoms with Gasteiger partial charge < -0.3 is 18.4 Å². The predicted octanol–water partition coefficient (Wildman–Crippen LogP) is 12.6. The van der Waals surface area contributed by atoms with E-state index < -0.39 is 55.6 Å². The van der Waals surface area contributed by atoms with Gasteiger partial charge in [0.15, 0.2) is 0 Å². The van der Waals surface area contributed by atoms with Crippen LogP contribution in [-0.2, 0) is 46.4 Å². The van der Waals surface area contributed by atoms with Crippen molar-refractivity contribution in [2.24, 2.45) is 0 Å². The van der Waals surface area contributed by atoms with Gasteiger partial charge >= 0.3 is 10.0 Å². The van der Waals surface area contributed by atoms with Crippen molar-refractivity contribution >= 4 is 155 Å². The van der Waals surface area contributed by atoms with E-state index in [0.717, 1.165) is 22.7 Å². The van der Waals surface area contributed by atoms with Crippen LogP contribution in [0.25, 0.3) is 0 Å². The second kappa shape index (κ2) is 37.5. The largest absolute Gasteiger partial charge is 0.324 e. The fourth-order valence-electron chi connectivity index (χ4n) is 6.34. The molecule has 0 saturated carbocycles. The quantitative estimate of drug-likeness (QED) is 0.0237. The molecule has 75 heavy (non-hydrogen) atoms. The molecule has 0 radical (unpaired) electrons. The Morgan fingerprint density at radius 2 is 0.773 bits per heavy atom. The molecule has 3 aromatic rings. The van der Waals surface area contributed by atoms with Gasteiger partial charge in [-0.2, -0.15) is 0 Å². The number of carbonyl (C=O) groups excluding carboxylic acids is 4. The first kappa shape index (κ1) is 72.7. The van der Waals surface area contributed by atoms with Crippen LogP contribution in [0.3, 0.4) is 0 Å². The second-order valence-electron chi connectivity index (χ2n) is 15.6. The maximum absolute atomic E-state index is 13.0. The molecular weight excluding hydrogens is 1210 g/mol. The fourth-order valence-corrected chi connectivity index (χ4v) is 15.3. The zero-order valence-corrected chi connectivity index (χ0v) is 50.7. The highest BCUT2D eigenvalue weighted by Crippen LogP contribution is 2.54. The number of hydrogen-bond donors (Lipinski definition) is 0. The van der Waals surface area contributed by atoms with Crippen molar-refractivity contribution in [1.29, 1.82) is 0 Å². The van der Waals surface area contributed by atoms with E-state index in [4.69, 9.17) is 88.0 Å². The Bertz CT molecular complexity index is 2310. The van der Waals surface area contributed by atoms with E-state index in [1.807, 2.05) is 6.79 Å². The number of nitro benzene ring substituents is 1. The number of ketones is 3. The minimum atomic E-state index is -3.28. The van der Waals surface area contributed by atoms with Gasteiger partial charge in [-0.1, -0.05) is 22.7 Å².